The van der Waals surface area contributed by atoms with E-state index in [2.05, 4.69) is 15.2 Å². The number of aromatic nitrogens is 1. The Hall–Kier alpha value is -2.60. The molecule has 2 aliphatic heterocycles. The molecule has 154 valence electrons. The van der Waals surface area contributed by atoms with Crippen LogP contribution in [0.5, 0.6) is 5.75 Å². The van der Waals surface area contributed by atoms with Crippen molar-refractivity contribution in [3.05, 3.63) is 54.2 Å². The van der Waals surface area contributed by atoms with E-state index in [0.717, 1.165) is 56.0 Å². The largest absolute Gasteiger partial charge is 0.491 e. The molecule has 0 radical (unpaired) electrons. The molecule has 3 heterocycles. The van der Waals surface area contributed by atoms with Crippen LogP contribution in [0.4, 0.5) is 5.82 Å². The summed E-state index contributed by atoms with van der Waals surface area (Å²) in [5, 5.41) is 3.10. The molecular weight excluding hydrogens is 366 g/mol. The molecular formula is C23H29N3O3. The van der Waals surface area contributed by atoms with Crippen LogP contribution in [-0.2, 0) is 16.1 Å². The van der Waals surface area contributed by atoms with Gasteiger partial charge in [-0.25, -0.2) is 4.98 Å². The number of hydrogen-bond donors (Lipinski definition) is 1. The van der Waals surface area contributed by atoms with Crippen LogP contribution in [0.1, 0.15) is 31.2 Å². The highest BCUT2D eigenvalue weighted by atomic mass is 16.5. The topological polar surface area (TPSA) is 63.7 Å². The summed E-state index contributed by atoms with van der Waals surface area (Å²) in [5.74, 6) is 1.87. The van der Waals surface area contributed by atoms with E-state index in [4.69, 9.17) is 9.47 Å². The number of amides is 1. The SMILES string of the molecule is O=C(NCc1cccc(OCC2CCCO2)c1)C1CCCN(c2ccccn2)C1. The van der Waals surface area contributed by atoms with Gasteiger partial charge in [-0.2, -0.15) is 0 Å². The second-order valence-electron chi connectivity index (χ2n) is 7.78. The van der Waals surface area contributed by atoms with Crippen LogP contribution in [0.15, 0.2) is 48.7 Å². The minimum absolute atomic E-state index is 0.00953. The molecule has 4 rings (SSSR count). The molecule has 1 amide bonds. The fourth-order valence-electron chi connectivity index (χ4n) is 3.98. The molecule has 1 N–H and O–H groups in total. The number of piperidine rings is 1. The third-order valence-electron chi connectivity index (χ3n) is 5.59. The number of carbonyl (C=O) groups excluding carboxylic acids is 1. The summed E-state index contributed by atoms with van der Waals surface area (Å²) in [6, 6.07) is 13.8. The Kier molecular flexibility index (Phi) is 6.62. The maximum atomic E-state index is 12.7. The predicted molar refractivity (Wildman–Crippen MR) is 112 cm³/mol. The highest BCUT2D eigenvalue weighted by Gasteiger charge is 2.26. The normalized spacial score (nSPS) is 21.7. The maximum Gasteiger partial charge on any atom is 0.225 e. The molecule has 2 unspecified atom stereocenters. The molecule has 2 aliphatic rings. The van der Waals surface area contributed by atoms with Crippen molar-refractivity contribution >= 4 is 11.7 Å². The van der Waals surface area contributed by atoms with Gasteiger partial charge in [0.25, 0.3) is 0 Å². The zero-order valence-electron chi connectivity index (χ0n) is 16.8. The first-order valence-electron chi connectivity index (χ1n) is 10.5. The number of rotatable bonds is 7. The number of carbonyl (C=O) groups is 1. The molecule has 0 aliphatic carbocycles. The van der Waals surface area contributed by atoms with Gasteiger partial charge in [0.2, 0.25) is 5.91 Å². The van der Waals surface area contributed by atoms with Gasteiger partial charge in [-0.15, -0.1) is 0 Å². The predicted octanol–water partition coefficient (Wildman–Crippen LogP) is 3.17. The zero-order valence-corrected chi connectivity index (χ0v) is 16.8. The summed E-state index contributed by atoms with van der Waals surface area (Å²) in [5.41, 5.74) is 1.04. The van der Waals surface area contributed by atoms with Crippen LogP contribution in [-0.4, -0.2) is 43.3 Å². The number of nitrogens with one attached hydrogen (secondary N) is 1. The van der Waals surface area contributed by atoms with E-state index in [0.29, 0.717) is 19.7 Å². The Morgan fingerprint density at radius 3 is 3.00 bits per heavy atom. The van der Waals surface area contributed by atoms with Crippen molar-refractivity contribution in [1.29, 1.82) is 0 Å². The van der Waals surface area contributed by atoms with Gasteiger partial charge in [0.1, 0.15) is 18.2 Å². The highest BCUT2D eigenvalue weighted by Crippen LogP contribution is 2.22. The Bertz CT molecular complexity index is 793. The summed E-state index contributed by atoms with van der Waals surface area (Å²) in [6.07, 6.45) is 6.09. The number of anilines is 1. The lowest BCUT2D eigenvalue weighted by Crippen LogP contribution is -2.43. The van der Waals surface area contributed by atoms with Gasteiger partial charge in [-0.05, 0) is 55.5 Å². The summed E-state index contributed by atoms with van der Waals surface area (Å²) in [6.45, 7) is 3.59. The third-order valence-corrected chi connectivity index (χ3v) is 5.59. The summed E-state index contributed by atoms with van der Waals surface area (Å²) >= 11 is 0. The standard InChI is InChI=1S/C23H29N3O3/c27-23(19-7-4-12-26(16-19)22-10-1-2-11-24-22)25-15-18-6-3-8-20(14-18)29-17-21-9-5-13-28-21/h1-3,6,8,10-11,14,19,21H,4-5,7,9,12-13,15-17H2,(H,25,27). The van der Waals surface area contributed by atoms with E-state index in [-0.39, 0.29) is 17.9 Å². The Morgan fingerprint density at radius 1 is 1.21 bits per heavy atom. The summed E-state index contributed by atoms with van der Waals surface area (Å²) in [7, 11) is 0. The third kappa shape index (κ3) is 5.48. The van der Waals surface area contributed by atoms with Crippen LogP contribution in [0.2, 0.25) is 0 Å². The van der Waals surface area contributed by atoms with Crippen LogP contribution < -0.4 is 15.0 Å². The maximum absolute atomic E-state index is 12.7. The van der Waals surface area contributed by atoms with Gasteiger partial charge in [0.15, 0.2) is 0 Å². The van der Waals surface area contributed by atoms with Crippen LogP contribution in [0.3, 0.4) is 0 Å². The molecule has 2 atom stereocenters. The van der Waals surface area contributed by atoms with E-state index in [1.54, 1.807) is 6.20 Å². The molecule has 2 aromatic rings. The Morgan fingerprint density at radius 2 is 2.17 bits per heavy atom. The van der Waals surface area contributed by atoms with Gasteiger partial charge >= 0.3 is 0 Å². The second kappa shape index (κ2) is 9.74. The van der Waals surface area contributed by atoms with Crippen molar-refractivity contribution in [3.8, 4) is 5.75 Å². The Labute approximate surface area is 172 Å². The first-order valence-corrected chi connectivity index (χ1v) is 10.5. The lowest BCUT2D eigenvalue weighted by Gasteiger charge is -2.32. The molecule has 6 heteroatoms. The average molecular weight is 396 g/mol. The lowest BCUT2D eigenvalue weighted by atomic mass is 9.97. The quantitative estimate of drug-likeness (QED) is 0.780. The van der Waals surface area contributed by atoms with Crippen LogP contribution in [0, 0.1) is 5.92 Å². The van der Waals surface area contributed by atoms with E-state index in [9.17, 15) is 4.79 Å². The second-order valence-corrected chi connectivity index (χ2v) is 7.78. The fourth-order valence-corrected chi connectivity index (χ4v) is 3.98. The summed E-state index contributed by atoms with van der Waals surface area (Å²) in [4.78, 5) is 19.3. The molecule has 0 saturated carbocycles. The first-order chi connectivity index (χ1) is 14.3. The fraction of sp³-hybridized carbons (Fsp3) is 0.478. The van der Waals surface area contributed by atoms with Gasteiger partial charge in [-0.3, -0.25) is 4.79 Å². The van der Waals surface area contributed by atoms with Crippen molar-refractivity contribution in [2.45, 2.75) is 38.3 Å². The molecule has 0 bridgehead atoms. The lowest BCUT2D eigenvalue weighted by molar-refractivity contribution is -0.125. The summed E-state index contributed by atoms with van der Waals surface area (Å²) < 4.78 is 11.5. The molecule has 2 fully saturated rings. The van der Waals surface area contributed by atoms with Crippen molar-refractivity contribution in [1.82, 2.24) is 10.3 Å². The number of hydrogen-bond acceptors (Lipinski definition) is 5. The van der Waals surface area contributed by atoms with Gasteiger partial charge < -0.3 is 19.7 Å². The number of pyridine rings is 1. The van der Waals surface area contributed by atoms with Crippen LogP contribution >= 0.6 is 0 Å². The zero-order chi connectivity index (χ0) is 19.9. The Balaban J connectivity index is 1.27. The van der Waals surface area contributed by atoms with E-state index >= 15 is 0 Å². The van der Waals surface area contributed by atoms with E-state index in [1.165, 1.54) is 0 Å². The van der Waals surface area contributed by atoms with Gasteiger partial charge in [-0.1, -0.05) is 18.2 Å². The monoisotopic (exact) mass is 395 g/mol. The molecule has 1 aromatic heterocycles. The molecule has 1 aromatic carbocycles. The van der Waals surface area contributed by atoms with E-state index < -0.39 is 0 Å². The molecule has 6 nitrogen and oxygen atoms in total. The number of ether oxygens (including phenoxy) is 2. The highest BCUT2D eigenvalue weighted by molar-refractivity contribution is 5.79. The number of benzene rings is 1. The van der Waals surface area contributed by atoms with Crippen molar-refractivity contribution in [3.63, 3.8) is 0 Å². The van der Waals surface area contributed by atoms with Crippen molar-refractivity contribution < 1.29 is 14.3 Å². The average Bonchev–Trinajstić information content (AvgIpc) is 3.31. The molecule has 0 spiro atoms. The van der Waals surface area contributed by atoms with Crippen LogP contribution in [0.25, 0.3) is 0 Å². The van der Waals surface area contributed by atoms with Gasteiger partial charge in [0.05, 0.1) is 12.0 Å². The first kappa shape index (κ1) is 19.7. The van der Waals surface area contributed by atoms with Crippen molar-refractivity contribution in [2.75, 3.05) is 31.2 Å². The molecule has 2 saturated heterocycles. The van der Waals surface area contributed by atoms with Crippen molar-refractivity contribution in [2.24, 2.45) is 5.92 Å². The molecule has 29 heavy (non-hydrogen) atoms. The van der Waals surface area contributed by atoms with Gasteiger partial charge in [0, 0.05) is 32.4 Å². The smallest absolute Gasteiger partial charge is 0.225 e. The minimum atomic E-state index is -0.00953. The minimum Gasteiger partial charge on any atom is -0.491 e. The number of nitrogens with zero attached hydrogens (tertiary/aromatic N) is 2. The van der Waals surface area contributed by atoms with E-state index in [1.807, 2.05) is 42.5 Å².